The summed E-state index contributed by atoms with van der Waals surface area (Å²) in [7, 11) is -4.15. The highest BCUT2D eigenvalue weighted by Gasteiger charge is 2.23. The van der Waals surface area contributed by atoms with Gasteiger partial charge in [-0.1, -0.05) is 12.1 Å². The van der Waals surface area contributed by atoms with Crippen LogP contribution in [0.2, 0.25) is 0 Å². The fourth-order valence-corrected chi connectivity index (χ4v) is 3.41. The van der Waals surface area contributed by atoms with Gasteiger partial charge in [-0.05, 0) is 24.3 Å². The van der Waals surface area contributed by atoms with Crippen molar-refractivity contribution in [3.63, 3.8) is 0 Å². The summed E-state index contributed by atoms with van der Waals surface area (Å²) in [6.45, 7) is 0. The maximum atomic E-state index is 13.3. The monoisotopic (exact) mass is 362 g/mol. The van der Waals surface area contributed by atoms with Crippen LogP contribution in [0.5, 0.6) is 0 Å². The number of non-ortho nitro benzene ring substituents is 1. The molecule has 0 fully saturated rings. The maximum Gasteiger partial charge on any atom is 0.284 e. The zero-order valence-electron chi connectivity index (χ0n) is 12.5. The van der Waals surface area contributed by atoms with Crippen LogP contribution in [0.4, 0.5) is 15.9 Å². The summed E-state index contributed by atoms with van der Waals surface area (Å²) >= 11 is 0. The molecular formula is C15H11FN4O4S. The summed E-state index contributed by atoms with van der Waals surface area (Å²) in [5.74, 6) is -0.665. The molecule has 0 saturated heterocycles. The first-order valence-electron chi connectivity index (χ1n) is 6.90. The highest BCUT2D eigenvalue weighted by Crippen LogP contribution is 2.25. The molecular weight excluding hydrogens is 351 g/mol. The molecule has 8 nitrogen and oxygen atoms in total. The molecule has 1 aromatic heterocycles. The molecule has 10 heteroatoms. The van der Waals surface area contributed by atoms with Gasteiger partial charge in [-0.15, -0.1) is 4.09 Å². The third-order valence-electron chi connectivity index (χ3n) is 3.40. The number of hydrogen-bond acceptors (Lipinski definition) is 6. The van der Waals surface area contributed by atoms with Crippen LogP contribution in [0.3, 0.4) is 0 Å². The van der Waals surface area contributed by atoms with Crippen molar-refractivity contribution in [3.8, 4) is 11.3 Å². The molecule has 128 valence electrons. The van der Waals surface area contributed by atoms with Crippen LogP contribution in [-0.4, -0.2) is 22.5 Å². The molecule has 0 unspecified atom stereocenters. The lowest BCUT2D eigenvalue weighted by Gasteiger charge is -2.05. The third-order valence-corrected chi connectivity index (χ3v) is 5.01. The number of nitrogens with zero attached hydrogens (tertiary/aromatic N) is 3. The van der Waals surface area contributed by atoms with Gasteiger partial charge in [0.2, 0.25) is 0 Å². The first-order valence-corrected chi connectivity index (χ1v) is 8.34. The van der Waals surface area contributed by atoms with Gasteiger partial charge in [0.15, 0.2) is 0 Å². The second kappa shape index (κ2) is 5.98. The van der Waals surface area contributed by atoms with Crippen LogP contribution in [0.15, 0.2) is 59.5 Å². The van der Waals surface area contributed by atoms with Gasteiger partial charge in [0.05, 0.1) is 15.5 Å². The van der Waals surface area contributed by atoms with E-state index in [0.717, 1.165) is 24.3 Å². The van der Waals surface area contributed by atoms with Crippen molar-refractivity contribution in [3.05, 3.63) is 70.5 Å². The molecule has 3 rings (SSSR count). The first-order chi connectivity index (χ1) is 11.8. The van der Waals surface area contributed by atoms with Gasteiger partial charge in [-0.3, -0.25) is 10.1 Å². The number of nitro benzene ring substituents is 1. The number of benzene rings is 2. The van der Waals surface area contributed by atoms with Crippen LogP contribution in [0, 0.1) is 15.9 Å². The van der Waals surface area contributed by atoms with E-state index in [4.69, 9.17) is 5.73 Å². The highest BCUT2D eigenvalue weighted by molar-refractivity contribution is 7.90. The van der Waals surface area contributed by atoms with Gasteiger partial charge in [-0.25, -0.2) is 4.39 Å². The van der Waals surface area contributed by atoms with E-state index in [1.54, 1.807) is 6.07 Å². The van der Waals surface area contributed by atoms with Crippen molar-refractivity contribution in [2.24, 2.45) is 0 Å². The summed E-state index contributed by atoms with van der Waals surface area (Å²) < 4.78 is 39.2. The number of nitro groups is 1. The molecule has 0 bridgehead atoms. The Kier molecular flexibility index (Phi) is 3.97. The van der Waals surface area contributed by atoms with Gasteiger partial charge in [0.1, 0.15) is 11.6 Å². The molecule has 0 aliphatic heterocycles. The van der Waals surface area contributed by atoms with Crippen LogP contribution in [0.1, 0.15) is 0 Å². The summed E-state index contributed by atoms with van der Waals surface area (Å²) in [5.41, 5.74) is 6.04. The van der Waals surface area contributed by atoms with Crippen LogP contribution in [0.25, 0.3) is 11.3 Å². The SMILES string of the molecule is Nc1cc(-c2cccc(F)c2)nn1S(=O)(=O)c1ccc([N+](=O)[O-])cc1. The molecule has 0 spiro atoms. The van der Waals surface area contributed by atoms with E-state index >= 15 is 0 Å². The Morgan fingerprint density at radius 3 is 2.40 bits per heavy atom. The van der Waals surface area contributed by atoms with Crippen molar-refractivity contribution in [1.82, 2.24) is 9.19 Å². The fraction of sp³-hybridized carbons (Fsp3) is 0. The van der Waals surface area contributed by atoms with E-state index in [1.165, 1.54) is 24.3 Å². The number of anilines is 1. The van der Waals surface area contributed by atoms with E-state index in [9.17, 15) is 22.9 Å². The first kappa shape index (κ1) is 16.6. The van der Waals surface area contributed by atoms with Crippen molar-refractivity contribution in [2.45, 2.75) is 4.90 Å². The van der Waals surface area contributed by atoms with Crippen molar-refractivity contribution in [1.29, 1.82) is 0 Å². The standard InChI is InChI=1S/C15H11FN4O4S/c16-11-3-1-2-10(8-11)14-9-15(17)19(18-14)25(23,24)13-6-4-12(5-7-13)20(21)22/h1-9H,17H2. The number of halogens is 1. The van der Waals surface area contributed by atoms with Gasteiger partial charge in [0, 0.05) is 23.8 Å². The molecule has 2 aromatic carbocycles. The molecule has 0 aliphatic rings. The minimum Gasteiger partial charge on any atom is -0.383 e. The van der Waals surface area contributed by atoms with E-state index in [-0.39, 0.29) is 22.1 Å². The van der Waals surface area contributed by atoms with Gasteiger partial charge >= 0.3 is 0 Å². The third kappa shape index (κ3) is 3.06. The largest absolute Gasteiger partial charge is 0.383 e. The normalized spacial score (nSPS) is 11.4. The Morgan fingerprint density at radius 1 is 1.12 bits per heavy atom. The predicted octanol–water partition coefficient (Wildman–Crippen LogP) is 2.42. The Labute approximate surface area is 141 Å². The molecule has 3 aromatic rings. The minimum atomic E-state index is -4.15. The molecule has 25 heavy (non-hydrogen) atoms. The highest BCUT2D eigenvalue weighted by atomic mass is 32.2. The summed E-state index contributed by atoms with van der Waals surface area (Å²) in [6, 6.07) is 11.1. The molecule has 0 atom stereocenters. The van der Waals surface area contributed by atoms with E-state index in [0.29, 0.717) is 9.65 Å². The number of rotatable bonds is 4. The maximum absolute atomic E-state index is 13.3. The zero-order chi connectivity index (χ0) is 18.2. The average Bonchev–Trinajstić information content (AvgIpc) is 2.97. The number of nitrogen functional groups attached to an aromatic ring is 1. The molecule has 0 aliphatic carbocycles. The lowest BCUT2D eigenvalue weighted by atomic mass is 10.1. The average molecular weight is 362 g/mol. The Hall–Kier alpha value is -3.27. The predicted molar refractivity (Wildman–Crippen MR) is 87.7 cm³/mol. The lowest BCUT2D eigenvalue weighted by Crippen LogP contribution is -2.16. The summed E-state index contributed by atoms with van der Waals surface area (Å²) in [4.78, 5) is 9.81. The topological polar surface area (TPSA) is 121 Å². The number of aromatic nitrogens is 2. The smallest absolute Gasteiger partial charge is 0.284 e. The van der Waals surface area contributed by atoms with Crippen LogP contribution in [-0.2, 0) is 10.0 Å². The summed E-state index contributed by atoms with van der Waals surface area (Å²) in [5, 5.41) is 14.6. The fourth-order valence-electron chi connectivity index (χ4n) is 2.20. The second-order valence-corrected chi connectivity index (χ2v) is 6.83. The van der Waals surface area contributed by atoms with E-state index in [2.05, 4.69) is 5.10 Å². The quantitative estimate of drug-likeness (QED) is 0.562. The van der Waals surface area contributed by atoms with Gasteiger partial charge in [-0.2, -0.15) is 13.5 Å². The Bertz CT molecular complexity index is 1060. The molecule has 0 radical (unpaired) electrons. The molecule has 2 N–H and O–H groups in total. The summed E-state index contributed by atoms with van der Waals surface area (Å²) in [6.07, 6.45) is 0. The van der Waals surface area contributed by atoms with Gasteiger partial charge < -0.3 is 5.73 Å². The van der Waals surface area contributed by atoms with Crippen LogP contribution >= 0.6 is 0 Å². The minimum absolute atomic E-state index is 0.169. The molecule has 0 saturated carbocycles. The van der Waals surface area contributed by atoms with E-state index < -0.39 is 20.8 Å². The van der Waals surface area contributed by atoms with Gasteiger partial charge in [0.25, 0.3) is 15.7 Å². The Morgan fingerprint density at radius 2 is 1.80 bits per heavy atom. The van der Waals surface area contributed by atoms with Crippen molar-refractivity contribution < 1.29 is 17.7 Å². The molecule has 1 heterocycles. The number of nitrogens with two attached hydrogens (primary N) is 1. The van der Waals surface area contributed by atoms with E-state index in [1.807, 2.05) is 0 Å². The van der Waals surface area contributed by atoms with Crippen molar-refractivity contribution >= 4 is 21.5 Å². The second-order valence-electron chi connectivity index (χ2n) is 5.06. The zero-order valence-corrected chi connectivity index (χ0v) is 13.4. The molecule has 0 amide bonds. The number of hydrogen-bond donors (Lipinski definition) is 1. The lowest BCUT2D eigenvalue weighted by molar-refractivity contribution is -0.384. The Balaban J connectivity index is 2.05. The van der Waals surface area contributed by atoms with Crippen molar-refractivity contribution in [2.75, 3.05) is 5.73 Å². The van der Waals surface area contributed by atoms with Crippen LogP contribution < -0.4 is 5.73 Å².